The Kier molecular flexibility index (Phi) is 2.75. The predicted molar refractivity (Wildman–Crippen MR) is 77.3 cm³/mol. The maximum Gasteiger partial charge on any atom is 0.260 e. The maximum absolute atomic E-state index is 12.7. The smallest absolute Gasteiger partial charge is 0.260 e. The van der Waals surface area contributed by atoms with Gasteiger partial charge in [0.05, 0.1) is 5.56 Å². The molecule has 96 valence electrons. The molecule has 1 unspecified atom stereocenters. The molecule has 1 aliphatic heterocycles. The lowest BCUT2D eigenvalue weighted by Crippen LogP contribution is -2.36. The van der Waals surface area contributed by atoms with E-state index in [9.17, 15) is 4.79 Å². The first kappa shape index (κ1) is 11.8. The fourth-order valence-electron chi connectivity index (χ4n) is 2.70. The van der Waals surface area contributed by atoms with Crippen molar-refractivity contribution in [2.24, 2.45) is 0 Å². The lowest BCUT2D eigenvalue weighted by atomic mass is 10.1. The molecule has 0 spiro atoms. The monoisotopic (exact) mass is 252 g/mol. The van der Waals surface area contributed by atoms with Gasteiger partial charge < -0.3 is 10.6 Å². The Bertz CT molecular complexity index is 636. The highest BCUT2D eigenvalue weighted by atomic mass is 16.2. The minimum atomic E-state index is -0.0180. The first-order valence-electron chi connectivity index (χ1n) is 6.44. The van der Waals surface area contributed by atoms with Gasteiger partial charge in [0.1, 0.15) is 0 Å². The standard InChI is InChI=1S/C16H16N2O/c1-11-10-12-6-2-5-9-15(12)18(11)16(19)13-7-3-4-8-14(13)17/h2-9,11H,10,17H2,1H3. The molecule has 1 amide bonds. The zero-order valence-corrected chi connectivity index (χ0v) is 10.8. The van der Waals surface area contributed by atoms with Gasteiger partial charge in [0.2, 0.25) is 0 Å². The SMILES string of the molecule is CC1Cc2ccccc2N1C(=O)c1ccccc1N. The number of benzene rings is 2. The lowest BCUT2D eigenvalue weighted by Gasteiger charge is -2.23. The summed E-state index contributed by atoms with van der Waals surface area (Å²) < 4.78 is 0. The summed E-state index contributed by atoms with van der Waals surface area (Å²) in [6.07, 6.45) is 0.897. The van der Waals surface area contributed by atoms with Crippen LogP contribution in [0, 0.1) is 0 Å². The highest BCUT2D eigenvalue weighted by Crippen LogP contribution is 2.33. The quantitative estimate of drug-likeness (QED) is 0.793. The number of hydrogen-bond donors (Lipinski definition) is 1. The molecule has 1 aliphatic rings. The molecule has 3 rings (SSSR count). The van der Waals surface area contributed by atoms with Crippen LogP contribution in [0.1, 0.15) is 22.8 Å². The summed E-state index contributed by atoms with van der Waals surface area (Å²) in [5, 5.41) is 0. The van der Waals surface area contributed by atoms with Gasteiger partial charge in [-0.2, -0.15) is 0 Å². The Balaban J connectivity index is 2.03. The largest absolute Gasteiger partial charge is 0.398 e. The molecule has 1 atom stereocenters. The Morgan fingerprint density at radius 2 is 1.84 bits per heavy atom. The Hall–Kier alpha value is -2.29. The molecule has 2 aromatic rings. The molecule has 1 heterocycles. The average molecular weight is 252 g/mol. The normalized spacial score (nSPS) is 17.3. The van der Waals surface area contributed by atoms with Gasteiger partial charge in [-0.1, -0.05) is 30.3 Å². The van der Waals surface area contributed by atoms with Crippen LogP contribution in [0.15, 0.2) is 48.5 Å². The Morgan fingerprint density at radius 1 is 1.16 bits per heavy atom. The zero-order chi connectivity index (χ0) is 13.4. The van der Waals surface area contributed by atoms with Crippen LogP contribution < -0.4 is 10.6 Å². The van der Waals surface area contributed by atoms with Crippen LogP contribution in [-0.4, -0.2) is 11.9 Å². The van der Waals surface area contributed by atoms with Gasteiger partial charge in [0.15, 0.2) is 0 Å². The first-order chi connectivity index (χ1) is 9.18. The minimum absolute atomic E-state index is 0.0180. The average Bonchev–Trinajstić information content (AvgIpc) is 2.74. The van der Waals surface area contributed by atoms with Gasteiger partial charge in [-0.3, -0.25) is 4.79 Å². The summed E-state index contributed by atoms with van der Waals surface area (Å²) in [4.78, 5) is 14.5. The topological polar surface area (TPSA) is 46.3 Å². The molecular weight excluding hydrogens is 236 g/mol. The van der Waals surface area contributed by atoms with Gasteiger partial charge in [-0.05, 0) is 37.1 Å². The Labute approximate surface area is 112 Å². The number of carbonyl (C=O) groups excluding carboxylic acids is 1. The molecule has 2 aromatic carbocycles. The van der Waals surface area contributed by atoms with E-state index < -0.39 is 0 Å². The van der Waals surface area contributed by atoms with Gasteiger partial charge in [0.25, 0.3) is 5.91 Å². The molecule has 0 aliphatic carbocycles. The second-order valence-corrected chi connectivity index (χ2v) is 4.94. The van der Waals surface area contributed by atoms with Crippen LogP contribution in [0.5, 0.6) is 0 Å². The van der Waals surface area contributed by atoms with E-state index in [4.69, 9.17) is 5.73 Å². The van der Waals surface area contributed by atoms with Gasteiger partial charge in [-0.15, -0.1) is 0 Å². The lowest BCUT2D eigenvalue weighted by molar-refractivity contribution is 0.0982. The molecule has 0 saturated carbocycles. The summed E-state index contributed by atoms with van der Waals surface area (Å²) in [6, 6.07) is 15.4. The van der Waals surface area contributed by atoms with Gasteiger partial charge >= 0.3 is 0 Å². The van der Waals surface area contributed by atoms with Crippen molar-refractivity contribution >= 4 is 17.3 Å². The molecule has 3 nitrogen and oxygen atoms in total. The highest BCUT2D eigenvalue weighted by Gasteiger charge is 2.31. The van der Waals surface area contributed by atoms with Crippen LogP contribution in [-0.2, 0) is 6.42 Å². The maximum atomic E-state index is 12.7. The third-order valence-electron chi connectivity index (χ3n) is 3.62. The third-order valence-corrected chi connectivity index (χ3v) is 3.62. The number of rotatable bonds is 1. The summed E-state index contributed by atoms with van der Waals surface area (Å²) in [5.74, 6) is -0.0180. The van der Waals surface area contributed by atoms with E-state index in [0.29, 0.717) is 11.3 Å². The van der Waals surface area contributed by atoms with Crippen LogP contribution in [0.25, 0.3) is 0 Å². The van der Waals surface area contributed by atoms with Crippen molar-refractivity contribution in [3.8, 4) is 0 Å². The van der Waals surface area contributed by atoms with E-state index in [-0.39, 0.29) is 11.9 Å². The van der Waals surface area contributed by atoms with Crippen molar-refractivity contribution in [1.29, 1.82) is 0 Å². The van der Waals surface area contributed by atoms with E-state index >= 15 is 0 Å². The molecule has 0 saturated heterocycles. The van der Waals surface area contributed by atoms with Crippen LogP contribution in [0.3, 0.4) is 0 Å². The minimum Gasteiger partial charge on any atom is -0.398 e. The summed E-state index contributed by atoms with van der Waals surface area (Å²) in [5.41, 5.74) is 9.24. The van der Waals surface area contributed by atoms with Crippen molar-refractivity contribution in [3.05, 3.63) is 59.7 Å². The number of fused-ring (bicyclic) bond motifs is 1. The number of carbonyl (C=O) groups is 1. The van der Waals surface area contributed by atoms with E-state index in [2.05, 4.69) is 13.0 Å². The fourth-order valence-corrected chi connectivity index (χ4v) is 2.70. The number of hydrogen-bond acceptors (Lipinski definition) is 2. The number of nitrogen functional groups attached to an aromatic ring is 1. The van der Waals surface area contributed by atoms with Crippen LogP contribution in [0.4, 0.5) is 11.4 Å². The first-order valence-corrected chi connectivity index (χ1v) is 6.44. The number of nitrogens with zero attached hydrogens (tertiary/aromatic N) is 1. The van der Waals surface area contributed by atoms with Crippen molar-refractivity contribution in [2.75, 3.05) is 10.6 Å². The summed E-state index contributed by atoms with van der Waals surface area (Å²) >= 11 is 0. The zero-order valence-electron chi connectivity index (χ0n) is 10.8. The van der Waals surface area contributed by atoms with E-state index in [1.807, 2.05) is 35.2 Å². The second-order valence-electron chi connectivity index (χ2n) is 4.94. The molecule has 0 bridgehead atoms. The number of nitrogens with two attached hydrogens (primary N) is 1. The second kappa shape index (κ2) is 4.43. The van der Waals surface area contributed by atoms with Gasteiger partial charge in [-0.25, -0.2) is 0 Å². The molecule has 19 heavy (non-hydrogen) atoms. The number of para-hydroxylation sites is 2. The molecule has 2 N–H and O–H groups in total. The molecule has 3 heteroatoms. The molecule has 0 radical (unpaired) electrons. The Morgan fingerprint density at radius 3 is 2.63 bits per heavy atom. The number of amides is 1. The van der Waals surface area contributed by atoms with Crippen molar-refractivity contribution in [3.63, 3.8) is 0 Å². The van der Waals surface area contributed by atoms with Crippen LogP contribution in [0.2, 0.25) is 0 Å². The van der Waals surface area contributed by atoms with Crippen molar-refractivity contribution < 1.29 is 4.79 Å². The van der Waals surface area contributed by atoms with Crippen molar-refractivity contribution in [1.82, 2.24) is 0 Å². The van der Waals surface area contributed by atoms with E-state index in [1.54, 1.807) is 12.1 Å². The predicted octanol–water partition coefficient (Wildman–Crippen LogP) is 2.86. The molecular formula is C16H16N2O. The van der Waals surface area contributed by atoms with E-state index in [1.165, 1.54) is 5.56 Å². The van der Waals surface area contributed by atoms with Gasteiger partial charge in [0, 0.05) is 17.4 Å². The van der Waals surface area contributed by atoms with E-state index in [0.717, 1.165) is 12.1 Å². The summed E-state index contributed by atoms with van der Waals surface area (Å²) in [6.45, 7) is 2.07. The molecule has 0 aromatic heterocycles. The summed E-state index contributed by atoms with van der Waals surface area (Å²) in [7, 11) is 0. The highest BCUT2D eigenvalue weighted by molar-refractivity contribution is 6.10. The van der Waals surface area contributed by atoms with Crippen LogP contribution >= 0.6 is 0 Å². The number of anilines is 2. The van der Waals surface area contributed by atoms with Crippen molar-refractivity contribution in [2.45, 2.75) is 19.4 Å². The third kappa shape index (κ3) is 1.87. The fraction of sp³-hybridized carbons (Fsp3) is 0.188. The molecule has 0 fully saturated rings.